The Labute approximate surface area is 187 Å². The summed E-state index contributed by atoms with van der Waals surface area (Å²) in [5.74, 6) is -3.97. The number of aliphatic carboxylic acids is 3. The Hall–Kier alpha value is -1.89. The highest BCUT2D eigenvalue weighted by molar-refractivity contribution is 5.70. The van der Waals surface area contributed by atoms with Crippen LogP contribution in [0.3, 0.4) is 0 Å². The van der Waals surface area contributed by atoms with Gasteiger partial charge in [-0.05, 0) is 12.8 Å². The molecule has 0 aliphatic rings. The molecule has 0 fully saturated rings. The Morgan fingerprint density at radius 2 is 1.03 bits per heavy atom. The van der Waals surface area contributed by atoms with E-state index in [0.717, 1.165) is 32.2 Å². The van der Waals surface area contributed by atoms with E-state index in [0.29, 0.717) is 43.4 Å². The van der Waals surface area contributed by atoms with Crippen molar-refractivity contribution in [2.45, 2.75) is 79.1 Å². The number of carboxylic acids is 3. The molecule has 7 nitrogen and oxygen atoms in total. The minimum absolute atomic E-state index is 0.486. The molecule has 180 valence electrons. The molecule has 0 aromatic carbocycles. The zero-order chi connectivity index (χ0) is 23.9. The highest BCUT2D eigenvalue weighted by atomic mass is 16.4. The van der Waals surface area contributed by atoms with Gasteiger partial charge in [-0.25, -0.2) is 0 Å². The Balaban J connectivity index is 5.35. The lowest BCUT2D eigenvalue weighted by Crippen LogP contribution is -2.52. The van der Waals surface area contributed by atoms with Gasteiger partial charge in [0.25, 0.3) is 0 Å². The largest absolute Gasteiger partial charge is 0.481 e. The van der Waals surface area contributed by atoms with Crippen molar-refractivity contribution in [3.05, 3.63) is 12.2 Å². The van der Waals surface area contributed by atoms with Crippen LogP contribution in [-0.4, -0.2) is 63.9 Å². The van der Waals surface area contributed by atoms with Crippen LogP contribution >= 0.6 is 0 Å². The van der Waals surface area contributed by atoms with Gasteiger partial charge in [-0.2, -0.15) is 0 Å². The third kappa shape index (κ3) is 13.2. The third-order valence-corrected chi connectivity index (χ3v) is 6.27. The SMILES string of the molecule is CCCC/C=C\CCC[N+](CCC(C)C(=O)O)(CCC(C)C(=O)O)CCC(C)C(=O)O. The van der Waals surface area contributed by atoms with Gasteiger partial charge >= 0.3 is 17.9 Å². The van der Waals surface area contributed by atoms with Crippen LogP contribution in [0.15, 0.2) is 12.2 Å². The van der Waals surface area contributed by atoms with Crippen LogP contribution in [0.5, 0.6) is 0 Å². The van der Waals surface area contributed by atoms with Crippen LogP contribution in [0.1, 0.15) is 79.1 Å². The van der Waals surface area contributed by atoms with E-state index in [1.165, 1.54) is 6.42 Å². The van der Waals surface area contributed by atoms with Gasteiger partial charge in [0.05, 0.1) is 43.9 Å². The smallest absolute Gasteiger partial charge is 0.306 e. The molecule has 0 spiro atoms. The molecule has 0 saturated carbocycles. The van der Waals surface area contributed by atoms with Crippen molar-refractivity contribution in [2.75, 3.05) is 26.2 Å². The maximum atomic E-state index is 11.3. The van der Waals surface area contributed by atoms with Crippen LogP contribution < -0.4 is 0 Å². The number of carboxylic acid groups (broad SMARTS) is 3. The molecule has 3 N–H and O–H groups in total. The molecular weight excluding hydrogens is 398 g/mol. The number of nitrogens with zero attached hydrogens (tertiary/aromatic N) is 1. The number of allylic oxidation sites excluding steroid dienone is 2. The summed E-state index contributed by atoms with van der Waals surface area (Å²) in [6.07, 6.45) is 11.1. The molecule has 3 unspecified atom stereocenters. The lowest BCUT2D eigenvalue weighted by molar-refractivity contribution is -0.929. The fourth-order valence-electron chi connectivity index (χ4n) is 3.55. The lowest BCUT2D eigenvalue weighted by Gasteiger charge is -2.40. The minimum atomic E-state index is -0.838. The zero-order valence-electron chi connectivity index (χ0n) is 19.9. The summed E-state index contributed by atoms with van der Waals surface area (Å²) < 4.78 is 0.579. The van der Waals surface area contributed by atoms with Crippen LogP contribution in [0.4, 0.5) is 0 Å². The fourth-order valence-corrected chi connectivity index (χ4v) is 3.55. The number of quaternary nitrogens is 1. The molecule has 0 aromatic rings. The van der Waals surface area contributed by atoms with Crippen molar-refractivity contribution >= 4 is 17.9 Å². The van der Waals surface area contributed by atoms with E-state index in [1.54, 1.807) is 20.8 Å². The quantitative estimate of drug-likeness (QED) is 0.152. The van der Waals surface area contributed by atoms with E-state index in [-0.39, 0.29) is 0 Å². The van der Waals surface area contributed by atoms with Crippen molar-refractivity contribution in [1.82, 2.24) is 0 Å². The second-order valence-electron chi connectivity index (χ2n) is 9.08. The predicted octanol–water partition coefficient (Wildman–Crippen LogP) is 4.66. The monoisotopic (exact) mass is 442 g/mol. The molecule has 3 atom stereocenters. The van der Waals surface area contributed by atoms with Gasteiger partial charge in [-0.3, -0.25) is 14.4 Å². The Morgan fingerprint density at radius 1 is 0.677 bits per heavy atom. The van der Waals surface area contributed by atoms with E-state index in [4.69, 9.17) is 0 Å². The fraction of sp³-hybridized carbons (Fsp3) is 0.792. The van der Waals surface area contributed by atoms with Gasteiger partial charge < -0.3 is 19.8 Å². The maximum absolute atomic E-state index is 11.3. The van der Waals surface area contributed by atoms with Gasteiger partial charge in [0.1, 0.15) is 0 Å². The summed E-state index contributed by atoms with van der Waals surface area (Å²) in [6, 6.07) is 0. The molecule has 0 bridgehead atoms. The van der Waals surface area contributed by atoms with Gasteiger partial charge in [0.2, 0.25) is 0 Å². The van der Waals surface area contributed by atoms with Gasteiger partial charge in [0.15, 0.2) is 0 Å². The number of unbranched alkanes of at least 4 members (excludes halogenated alkanes) is 3. The van der Waals surface area contributed by atoms with Crippen molar-refractivity contribution in [1.29, 1.82) is 0 Å². The molecule has 0 aliphatic carbocycles. The summed E-state index contributed by atoms with van der Waals surface area (Å²) in [5, 5.41) is 27.9. The highest BCUT2D eigenvalue weighted by Crippen LogP contribution is 2.21. The van der Waals surface area contributed by atoms with Crippen molar-refractivity contribution < 1.29 is 34.2 Å². The van der Waals surface area contributed by atoms with Crippen LogP contribution in [-0.2, 0) is 14.4 Å². The first-order chi connectivity index (χ1) is 14.5. The second-order valence-corrected chi connectivity index (χ2v) is 9.08. The van der Waals surface area contributed by atoms with E-state index in [9.17, 15) is 29.7 Å². The number of hydrogen-bond acceptors (Lipinski definition) is 3. The van der Waals surface area contributed by atoms with Gasteiger partial charge in [-0.15, -0.1) is 0 Å². The van der Waals surface area contributed by atoms with Crippen molar-refractivity contribution in [3.8, 4) is 0 Å². The molecule has 31 heavy (non-hydrogen) atoms. The molecule has 0 aliphatic heterocycles. The van der Waals surface area contributed by atoms with E-state index in [1.807, 2.05) is 0 Å². The predicted molar refractivity (Wildman–Crippen MR) is 122 cm³/mol. The summed E-state index contributed by atoms with van der Waals surface area (Å²) in [6.45, 7) is 9.87. The first-order valence-corrected chi connectivity index (χ1v) is 11.7. The number of hydrogen-bond donors (Lipinski definition) is 3. The molecule has 7 heteroatoms. The molecule has 0 amide bonds. The average Bonchev–Trinajstić information content (AvgIpc) is 2.72. The van der Waals surface area contributed by atoms with Crippen molar-refractivity contribution in [3.63, 3.8) is 0 Å². The second kappa shape index (κ2) is 15.8. The van der Waals surface area contributed by atoms with Crippen LogP contribution in [0, 0.1) is 17.8 Å². The van der Waals surface area contributed by atoms with E-state index in [2.05, 4.69) is 19.1 Å². The number of rotatable bonds is 19. The standard InChI is InChI=1S/C24H43NO6/c1-5-6-7-8-9-10-11-15-25(16-12-19(2)22(26)27,17-13-20(3)23(28)29)18-14-21(4)24(30)31/h8-9,19-21H,5-7,10-18H2,1-4H3,(H2-,26,27,28,29,30,31)/p+1/b9-8-. The highest BCUT2D eigenvalue weighted by Gasteiger charge is 2.31. The third-order valence-electron chi connectivity index (χ3n) is 6.27. The van der Waals surface area contributed by atoms with Crippen LogP contribution in [0.25, 0.3) is 0 Å². The van der Waals surface area contributed by atoms with Gasteiger partial charge in [-0.1, -0.05) is 52.7 Å². The molecular formula is C24H44NO6+. The summed E-state index contributed by atoms with van der Waals surface area (Å²) in [5.41, 5.74) is 0. The minimum Gasteiger partial charge on any atom is -0.481 e. The summed E-state index contributed by atoms with van der Waals surface area (Å²) in [7, 11) is 0. The van der Waals surface area contributed by atoms with Gasteiger partial charge in [0, 0.05) is 25.7 Å². The van der Waals surface area contributed by atoms with E-state index >= 15 is 0 Å². The van der Waals surface area contributed by atoms with Crippen LogP contribution in [0.2, 0.25) is 0 Å². The van der Waals surface area contributed by atoms with E-state index < -0.39 is 35.7 Å². The maximum Gasteiger partial charge on any atom is 0.306 e. The Morgan fingerprint density at radius 3 is 1.35 bits per heavy atom. The first-order valence-electron chi connectivity index (χ1n) is 11.7. The zero-order valence-corrected chi connectivity index (χ0v) is 19.9. The molecule has 0 aromatic heterocycles. The topological polar surface area (TPSA) is 112 Å². The average molecular weight is 443 g/mol. The molecule has 0 rings (SSSR count). The molecule has 0 radical (unpaired) electrons. The summed E-state index contributed by atoms with van der Waals surface area (Å²) in [4.78, 5) is 34.0. The Bertz CT molecular complexity index is 515. The Kier molecular flexibility index (Phi) is 14.9. The molecule has 0 heterocycles. The first kappa shape index (κ1) is 29.1. The van der Waals surface area contributed by atoms with Crippen molar-refractivity contribution in [2.24, 2.45) is 17.8 Å². The summed E-state index contributed by atoms with van der Waals surface area (Å²) >= 11 is 0. The normalized spacial score (nSPS) is 16.5. The molecule has 0 saturated heterocycles. The number of carbonyl (C=O) groups is 3. The lowest BCUT2D eigenvalue weighted by atomic mass is 10.0.